The minimum absolute atomic E-state index is 0.256. The third-order valence-electron chi connectivity index (χ3n) is 2.04. The first kappa shape index (κ1) is 11.2. The monoisotopic (exact) mass is 215 g/mol. The Labute approximate surface area is 88.9 Å². The molecule has 1 rings (SSSR count). The van der Waals surface area contributed by atoms with Crippen molar-refractivity contribution in [1.82, 2.24) is 9.97 Å². The lowest BCUT2D eigenvalue weighted by molar-refractivity contribution is 0.183. The van der Waals surface area contributed by atoms with E-state index in [1.165, 1.54) is 0 Å². The molecule has 0 saturated heterocycles. The van der Waals surface area contributed by atoms with Crippen molar-refractivity contribution in [2.24, 2.45) is 0 Å². The molecule has 0 fully saturated rings. The molecule has 0 aliphatic rings. The van der Waals surface area contributed by atoms with Gasteiger partial charge in [-0.15, -0.1) is 0 Å². The van der Waals surface area contributed by atoms with Crippen LogP contribution in [0.4, 0.5) is 5.82 Å². The van der Waals surface area contributed by atoms with E-state index >= 15 is 0 Å². The van der Waals surface area contributed by atoms with E-state index in [1.54, 1.807) is 13.3 Å². The first-order valence-electron chi connectivity index (χ1n) is 4.35. The standard InChI is InChI=1S/C9H14ClN3O/c1-7(6-14-3)13(2)8-4-5-11-9(10)12-8/h4-5,7H,6H2,1-3H3. The van der Waals surface area contributed by atoms with Crippen LogP contribution in [0.25, 0.3) is 0 Å². The minimum atomic E-state index is 0.256. The molecule has 5 heteroatoms. The molecule has 1 atom stereocenters. The van der Waals surface area contributed by atoms with Crippen molar-refractivity contribution < 1.29 is 4.74 Å². The number of rotatable bonds is 4. The minimum Gasteiger partial charge on any atom is -0.383 e. The number of hydrogen-bond acceptors (Lipinski definition) is 4. The number of aromatic nitrogens is 2. The SMILES string of the molecule is COCC(C)N(C)c1ccnc(Cl)n1. The summed E-state index contributed by atoms with van der Waals surface area (Å²) in [5, 5.41) is 0.263. The van der Waals surface area contributed by atoms with Gasteiger partial charge in [0, 0.05) is 20.4 Å². The molecule has 0 aromatic carbocycles. The average Bonchev–Trinajstić information content (AvgIpc) is 2.17. The van der Waals surface area contributed by atoms with Crippen LogP contribution in [-0.2, 0) is 4.74 Å². The highest BCUT2D eigenvalue weighted by molar-refractivity contribution is 6.28. The summed E-state index contributed by atoms with van der Waals surface area (Å²) < 4.78 is 5.06. The summed E-state index contributed by atoms with van der Waals surface area (Å²) in [5.41, 5.74) is 0. The van der Waals surface area contributed by atoms with Gasteiger partial charge in [0.15, 0.2) is 0 Å². The van der Waals surface area contributed by atoms with Crippen LogP contribution >= 0.6 is 11.6 Å². The van der Waals surface area contributed by atoms with E-state index in [-0.39, 0.29) is 11.3 Å². The van der Waals surface area contributed by atoms with Crippen LogP contribution in [0.3, 0.4) is 0 Å². The van der Waals surface area contributed by atoms with Crippen molar-refractivity contribution in [1.29, 1.82) is 0 Å². The van der Waals surface area contributed by atoms with Crippen LogP contribution in [0, 0.1) is 0 Å². The molecule has 0 aliphatic carbocycles. The summed E-state index contributed by atoms with van der Waals surface area (Å²) >= 11 is 5.69. The fraction of sp³-hybridized carbons (Fsp3) is 0.556. The number of hydrogen-bond donors (Lipinski definition) is 0. The van der Waals surface area contributed by atoms with Gasteiger partial charge >= 0.3 is 0 Å². The molecule has 1 heterocycles. The molecule has 0 radical (unpaired) electrons. The smallest absolute Gasteiger partial charge is 0.224 e. The Morgan fingerprint density at radius 3 is 2.93 bits per heavy atom. The Hall–Kier alpha value is -0.870. The van der Waals surface area contributed by atoms with Crippen LogP contribution in [-0.4, -0.2) is 36.8 Å². The van der Waals surface area contributed by atoms with E-state index < -0.39 is 0 Å². The molecule has 1 unspecified atom stereocenters. The van der Waals surface area contributed by atoms with Crippen molar-refractivity contribution in [3.05, 3.63) is 17.5 Å². The van der Waals surface area contributed by atoms with Gasteiger partial charge in [-0.3, -0.25) is 0 Å². The fourth-order valence-corrected chi connectivity index (χ4v) is 1.24. The van der Waals surface area contributed by atoms with Gasteiger partial charge in [0.2, 0.25) is 5.28 Å². The number of likely N-dealkylation sites (N-methyl/N-ethyl adjacent to an activating group) is 1. The van der Waals surface area contributed by atoms with Gasteiger partial charge in [0.1, 0.15) is 5.82 Å². The van der Waals surface area contributed by atoms with E-state index in [1.807, 2.05) is 18.0 Å². The first-order chi connectivity index (χ1) is 6.65. The highest BCUT2D eigenvalue weighted by Crippen LogP contribution is 2.13. The van der Waals surface area contributed by atoms with Gasteiger partial charge in [0.25, 0.3) is 0 Å². The summed E-state index contributed by atoms with van der Waals surface area (Å²) in [5.74, 6) is 0.801. The van der Waals surface area contributed by atoms with Crippen molar-refractivity contribution in [3.8, 4) is 0 Å². The van der Waals surface area contributed by atoms with Crippen LogP contribution in [0.5, 0.6) is 0 Å². The van der Waals surface area contributed by atoms with Crippen LogP contribution in [0.2, 0.25) is 5.28 Å². The Bertz CT molecular complexity index is 295. The zero-order chi connectivity index (χ0) is 10.6. The normalized spacial score (nSPS) is 12.6. The number of methoxy groups -OCH3 is 1. The topological polar surface area (TPSA) is 38.2 Å². The van der Waals surface area contributed by atoms with E-state index in [0.717, 1.165) is 5.82 Å². The maximum Gasteiger partial charge on any atom is 0.224 e. The molecular weight excluding hydrogens is 202 g/mol. The Kier molecular flexibility index (Phi) is 4.10. The molecule has 0 saturated carbocycles. The van der Waals surface area contributed by atoms with Gasteiger partial charge in [-0.2, -0.15) is 0 Å². The molecule has 0 amide bonds. The van der Waals surface area contributed by atoms with Crippen molar-refractivity contribution >= 4 is 17.4 Å². The molecular formula is C9H14ClN3O. The van der Waals surface area contributed by atoms with E-state index in [0.29, 0.717) is 6.61 Å². The molecule has 78 valence electrons. The third kappa shape index (κ3) is 2.82. The molecule has 0 bridgehead atoms. The summed E-state index contributed by atoms with van der Waals surface area (Å²) in [6, 6.07) is 2.07. The van der Waals surface area contributed by atoms with Gasteiger partial charge in [-0.25, -0.2) is 9.97 Å². The van der Waals surface area contributed by atoms with Gasteiger partial charge in [0.05, 0.1) is 12.6 Å². The van der Waals surface area contributed by atoms with Crippen LogP contribution in [0.15, 0.2) is 12.3 Å². The lowest BCUT2D eigenvalue weighted by Crippen LogP contribution is -2.33. The summed E-state index contributed by atoms with van der Waals surface area (Å²) in [4.78, 5) is 9.92. The summed E-state index contributed by atoms with van der Waals surface area (Å²) in [6.07, 6.45) is 1.64. The lowest BCUT2D eigenvalue weighted by atomic mass is 10.3. The van der Waals surface area contributed by atoms with E-state index in [2.05, 4.69) is 16.9 Å². The predicted molar refractivity (Wildman–Crippen MR) is 56.8 cm³/mol. The van der Waals surface area contributed by atoms with Gasteiger partial charge in [-0.05, 0) is 24.6 Å². The third-order valence-corrected chi connectivity index (χ3v) is 2.22. The highest BCUT2D eigenvalue weighted by atomic mass is 35.5. The molecule has 1 aromatic rings. The fourth-order valence-electron chi connectivity index (χ4n) is 1.10. The van der Waals surface area contributed by atoms with Crippen LogP contribution in [0.1, 0.15) is 6.92 Å². The quantitative estimate of drug-likeness (QED) is 0.716. The molecule has 4 nitrogen and oxygen atoms in total. The van der Waals surface area contributed by atoms with Crippen molar-refractivity contribution in [3.63, 3.8) is 0 Å². The predicted octanol–water partition coefficient (Wildman–Crippen LogP) is 1.60. The lowest BCUT2D eigenvalue weighted by Gasteiger charge is -2.24. The number of nitrogens with zero attached hydrogens (tertiary/aromatic N) is 3. The van der Waals surface area contributed by atoms with Crippen LogP contribution < -0.4 is 4.90 Å². The zero-order valence-electron chi connectivity index (χ0n) is 8.57. The highest BCUT2D eigenvalue weighted by Gasteiger charge is 2.10. The summed E-state index contributed by atoms with van der Waals surface area (Å²) in [7, 11) is 3.62. The maximum atomic E-state index is 5.69. The molecule has 0 N–H and O–H groups in total. The second-order valence-corrected chi connectivity index (χ2v) is 3.44. The van der Waals surface area contributed by atoms with Crippen molar-refractivity contribution in [2.45, 2.75) is 13.0 Å². The second-order valence-electron chi connectivity index (χ2n) is 3.10. The summed E-state index contributed by atoms with van der Waals surface area (Å²) in [6.45, 7) is 2.71. The molecule has 1 aromatic heterocycles. The molecule has 14 heavy (non-hydrogen) atoms. The second kappa shape index (κ2) is 5.12. The van der Waals surface area contributed by atoms with E-state index in [9.17, 15) is 0 Å². The maximum absolute atomic E-state index is 5.69. The number of halogens is 1. The average molecular weight is 216 g/mol. The zero-order valence-corrected chi connectivity index (χ0v) is 9.32. The van der Waals surface area contributed by atoms with Gasteiger partial charge < -0.3 is 9.64 Å². The Morgan fingerprint density at radius 1 is 1.64 bits per heavy atom. The Morgan fingerprint density at radius 2 is 2.36 bits per heavy atom. The van der Waals surface area contributed by atoms with Gasteiger partial charge in [-0.1, -0.05) is 0 Å². The number of anilines is 1. The Balaban J connectivity index is 2.73. The van der Waals surface area contributed by atoms with Crippen molar-refractivity contribution in [2.75, 3.05) is 25.7 Å². The largest absolute Gasteiger partial charge is 0.383 e. The molecule has 0 aliphatic heterocycles. The molecule has 0 spiro atoms. The first-order valence-corrected chi connectivity index (χ1v) is 4.73. The number of ether oxygens (including phenoxy) is 1. The van der Waals surface area contributed by atoms with E-state index in [4.69, 9.17) is 16.3 Å².